The molecule has 0 radical (unpaired) electrons. The van der Waals surface area contributed by atoms with E-state index >= 15 is 0 Å². The second-order valence-electron chi connectivity index (χ2n) is 3.72. The zero-order valence-corrected chi connectivity index (χ0v) is 9.85. The van der Waals surface area contributed by atoms with E-state index in [0.717, 1.165) is 0 Å². The Hall–Kier alpha value is -2.70. The lowest BCUT2D eigenvalue weighted by Gasteiger charge is -2.05. The van der Waals surface area contributed by atoms with Crippen LogP contribution in [0.15, 0.2) is 29.5 Å². The molecule has 1 amide bonds. The number of hydrogen-bond donors (Lipinski definition) is 1. The molecule has 0 aliphatic carbocycles. The third-order valence-corrected chi connectivity index (χ3v) is 2.58. The number of nitrogens with zero attached hydrogens (tertiary/aromatic N) is 5. The Morgan fingerprint density at radius 3 is 2.95 bits per heavy atom. The van der Waals surface area contributed by atoms with E-state index in [1.165, 1.54) is 6.07 Å². The van der Waals surface area contributed by atoms with Crippen molar-refractivity contribution < 1.29 is 9.59 Å². The van der Waals surface area contributed by atoms with E-state index in [-0.39, 0.29) is 5.56 Å². The van der Waals surface area contributed by atoms with E-state index in [4.69, 9.17) is 11.3 Å². The minimum atomic E-state index is -1.14. The number of azide groups is 1. The first kappa shape index (κ1) is 12.7. The quantitative estimate of drug-likeness (QED) is 0.288. The summed E-state index contributed by atoms with van der Waals surface area (Å²) in [5.74, 6) is -2.00. The number of benzene rings is 1. The Balaban J connectivity index is 2.59. The topological polar surface area (TPSA) is 127 Å². The van der Waals surface area contributed by atoms with Gasteiger partial charge in [-0.15, -0.1) is 0 Å². The molecule has 2 N–H and O–H groups in total. The van der Waals surface area contributed by atoms with Crippen LogP contribution in [0.3, 0.4) is 0 Å². The number of rotatable bonds is 4. The summed E-state index contributed by atoms with van der Waals surface area (Å²) in [5.41, 5.74) is 14.3. The molecule has 0 bridgehead atoms. The summed E-state index contributed by atoms with van der Waals surface area (Å²) in [6, 6.07) is 4.89. The normalized spacial score (nSPS) is 10.2. The highest BCUT2D eigenvalue weighted by Gasteiger charge is 2.19. The number of Topliss-reactive ketones (excluding diaryl/α,β-unsaturated/α-hetero) is 1. The number of ketones is 1. The summed E-state index contributed by atoms with van der Waals surface area (Å²) in [4.78, 5) is 25.6. The number of carbonyl (C=O) groups excluding carboxylic acids is 2. The van der Waals surface area contributed by atoms with Gasteiger partial charge >= 0.3 is 0 Å². The lowest BCUT2D eigenvalue weighted by atomic mass is 10.1. The van der Waals surface area contributed by atoms with Crippen molar-refractivity contribution in [2.45, 2.75) is 6.54 Å². The minimum Gasteiger partial charge on any atom is -0.329 e. The number of aromatic nitrogens is 2. The highest BCUT2D eigenvalue weighted by molar-refractivity contribution is 6.45. The van der Waals surface area contributed by atoms with Crippen molar-refractivity contribution in [3.8, 4) is 0 Å². The van der Waals surface area contributed by atoms with Gasteiger partial charge in [-0.1, -0.05) is 12.1 Å². The van der Waals surface area contributed by atoms with Crippen LogP contribution >= 0.6 is 0 Å². The maximum atomic E-state index is 11.9. The summed E-state index contributed by atoms with van der Waals surface area (Å²) in [6.07, 6.45) is 1.58. The van der Waals surface area contributed by atoms with Crippen molar-refractivity contribution in [2.24, 2.45) is 10.8 Å². The van der Waals surface area contributed by atoms with E-state index in [1.54, 1.807) is 23.0 Å². The first-order chi connectivity index (χ1) is 9.19. The minimum absolute atomic E-state index is 0.154. The number of para-hydroxylation sites is 1. The van der Waals surface area contributed by atoms with Crippen LogP contribution in [0.2, 0.25) is 0 Å². The molecule has 2 aromatic rings. The van der Waals surface area contributed by atoms with E-state index in [1.807, 2.05) is 0 Å². The monoisotopic (exact) mass is 258 g/mol. The second-order valence-corrected chi connectivity index (χ2v) is 3.72. The highest BCUT2D eigenvalue weighted by Crippen LogP contribution is 2.19. The number of carbonyl (C=O) groups is 2. The molecule has 0 aliphatic heterocycles. The lowest BCUT2D eigenvalue weighted by molar-refractivity contribution is -0.114. The third kappa shape index (κ3) is 2.30. The molecule has 1 aromatic carbocycles. The van der Waals surface area contributed by atoms with Crippen LogP contribution in [0.1, 0.15) is 10.4 Å². The molecule has 1 heterocycles. The van der Waals surface area contributed by atoms with Crippen molar-refractivity contribution in [2.75, 3.05) is 6.54 Å². The zero-order valence-electron chi connectivity index (χ0n) is 9.85. The van der Waals surface area contributed by atoms with Gasteiger partial charge in [-0.05, 0) is 16.7 Å². The molecule has 0 fully saturated rings. The number of nitrogens with two attached hydrogens (primary N) is 1. The summed E-state index contributed by atoms with van der Waals surface area (Å²) in [6.45, 7) is 0.771. The molecule has 0 saturated heterocycles. The molecule has 0 atom stereocenters. The maximum Gasteiger partial charge on any atom is 0.289 e. The van der Waals surface area contributed by atoms with Crippen LogP contribution in [0.4, 0.5) is 0 Å². The van der Waals surface area contributed by atoms with Crippen LogP contribution < -0.4 is 5.73 Å². The van der Waals surface area contributed by atoms with Crippen molar-refractivity contribution in [3.63, 3.8) is 0 Å². The van der Waals surface area contributed by atoms with Crippen LogP contribution in [-0.4, -0.2) is 28.0 Å². The second kappa shape index (κ2) is 5.30. The van der Waals surface area contributed by atoms with Crippen molar-refractivity contribution >= 4 is 22.6 Å². The molecule has 1 aromatic heterocycles. The van der Waals surface area contributed by atoms with Gasteiger partial charge in [0.25, 0.3) is 5.91 Å². The van der Waals surface area contributed by atoms with Gasteiger partial charge in [0.05, 0.1) is 23.8 Å². The van der Waals surface area contributed by atoms with Gasteiger partial charge < -0.3 is 5.73 Å². The van der Waals surface area contributed by atoms with Crippen molar-refractivity contribution in [1.29, 1.82) is 0 Å². The molecule has 8 nitrogen and oxygen atoms in total. The van der Waals surface area contributed by atoms with E-state index in [2.05, 4.69) is 15.1 Å². The first-order valence-corrected chi connectivity index (χ1v) is 5.47. The predicted octanol–water partition coefficient (Wildman–Crippen LogP) is 1.01. The summed E-state index contributed by atoms with van der Waals surface area (Å²) in [7, 11) is 0. The molecular weight excluding hydrogens is 248 g/mol. The van der Waals surface area contributed by atoms with Gasteiger partial charge in [0, 0.05) is 16.8 Å². The Morgan fingerprint density at radius 2 is 2.26 bits per heavy atom. The average molecular weight is 258 g/mol. The van der Waals surface area contributed by atoms with Gasteiger partial charge in [0.15, 0.2) is 0 Å². The van der Waals surface area contributed by atoms with Crippen molar-refractivity contribution in [1.82, 2.24) is 9.78 Å². The predicted molar refractivity (Wildman–Crippen MR) is 67.3 cm³/mol. The molecule has 8 heteroatoms. The van der Waals surface area contributed by atoms with Gasteiger partial charge in [-0.3, -0.25) is 14.3 Å². The Bertz CT molecular complexity index is 698. The summed E-state index contributed by atoms with van der Waals surface area (Å²) in [5, 5.41) is 7.62. The number of amides is 1. The molecular formula is C11H10N6O2. The van der Waals surface area contributed by atoms with Crippen LogP contribution in [0.5, 0.6) is 0 Å². The fraction of sp³-hybridized carbons (Fsp3) is 0.182. The average Bonchev–Trinajstić information content (AvgIpc) is 2.82. The molecule has 96 valence electrons. The number of hydrogen-bond acceptors (Lipinski definition) is 4. The molecule has 0 aliphatic rings. The summed E-state index contributed by atoms with van der Waals surface area (Å²) >= 11 is 0. The smallest absolute Gasteiger partial charge is 0.289 e. The Morgan fingerprint density at radius 1 is 1.47 bits per heavy atom. The SMILES string of the molecule is [N-]=[N+]=NC(=O)C(=O)c1cccc2cnn(CCN)c12. The molecule has 0 unspecified atom stereocenters. The fourth-order valence-corrected chi connectivity index (χ4v) is 1.82. The van der Waals surface area contributed by atoms with E-state index < -0.39 is 11.7 Å². The summed E-state index contributed by atoms with van der Waals surface area (Å²) < 4.78 is 1.55. The van der Waals surface area contributed by atoms with E-state index in [0.29, 0.717) is 24.0 Å². The molecule has 0 spiro atoms. The Kier molecular flexibility index (Phi) is 3.56. The lowest BCUT2D eigenvalue weighted by Crippen LogP contribution is -2.15. The third-order valence-electron chi connectivity index (χ3n) is 2.58. The molecule has 2 rings (SSSR count). The van der Waals surface area contributed by atoms with E-state index in [9.17, 15) is 9.59 Å². The number of fused-ring (bicyclic) bond motifs is 1. The molecule has 19 heavy (non-hydrogen) atoms. The van der Waals surface area contributed by atoms with Gasteiger partial charge in [0.2, 0.25) is 5.78 Å². The molecule has 0 saturated carbocycles. The van der Waals surface area contributed by atoms with Crippen LogP contribution in [0, 0.1) is 0 Å². The van der Waals surface area contributed by atoms with Gasteiger partial charge in [0.1, 0.15) is 0 Å². The largest absolute Gasteiger partial charge is 0.329 e. The standard InChI is InChI=1S/C11H10N6O2/c12-4-5-17-9-7(6-14-17)2-1-3-8(9)10(18)11(19)15-16-13/h1-3,6H,4-5,12H2. The fourth-order valence-electron chi connectivity index (χ4n) is 1.82. The zero-order chi connectivity index (χ0) is 13.8. The Labute approximate surface area is 107 Å². The van der Waals surface area contributed by atoms with Crippen LogP contribution in [-0.2, 0) is 11.3 Å². The van der Waals surface area contributed by atoms with Crippen LogP contribution in [0.25, 0.3) is 21.3 Å². The maximum absolute atomic E-state index is 11.9. The van der Waals surface area contributed by atoms with Crippen molar-refractivity contribution in [3.05, 3.63) is 40.4 Å². The highest BCUT2D eigenvalue weighted by atomic mass is 16.2. The van der Waals surface area contributed by atoms with Gasteiger partial charge in [-0.25, -0.2) is 0 Å². The van der Waals surface area contributed by atoms with Gasteiger partial charge in [-0.2, -0.15) is 5.10 Å². The first-order valence-electron chi connectivity index (χ1n) is 5.47.